The molecule has 0 aliphatic rings. The molecule has 1 aromatic rings. The van der Waals surface area contributed by atoms with Gasteiger partial charge in [0.15, 0.2) is 0 Å². The Kier molecular flexibility index (Phi) is 3.00. The second-order valence-corrected chi connectivity index (χ2v) is 2.72. The van der Waals surface area contributed by atoms with Crippen LogP contribution in [0.5, 0.6) is 0 Å². The Morgan fingerprint density at radius 2 is 2.17 bits per heavy atom. The normalized spacial score (nSPS) is 13.0. The largest absolute Gasteiger partial charge is 0.386 e. The molecule has 0 amide bonds. The summed E-state index contributed by atoms with van der Waals surface area (Å²) in [5.74, 6) is -0.760. The van der Waals surface area contributed by atoms with Crippen molar-refractivity contribution in [2.75, 3.05) is 6.67 Å². The highest BCUT2D eigenvalue weighted by atomic mass is 35.5. The van der Waals surface area contributed by atoms with E-state index < -0.39 is 18.6 Å². The van der Waals surface area contributed by atoms with E-state index in [-0.39, 0.29) is 10.6 Å². The molecule has 1 atom stereocenters. The fourth-order valence-electron chi connectivity index (χ4n) is 0.861. The summed E-state index contributed by atoms with van der Waals surface area (Å²) in [6.07, 6.45) is -1.43. The Labute approximate surface area is 73.6 Å². The Bertz CT molecular complexity index is 278. The lowest BCUT2D eigenvalue weighted by atomic mass is 10.1. The first-order valence-electron chi connectivity index (χ1n) is 3.34. The monoisotopic (exact) mass is 192 g/mol. The van der Waals surface area contributed by atoms with Crippen LogP contribution in [-0.2, 0) is 0 Å². The van der Waals surface area contributed by atoms with Crippen molar-refractivity contribution in [3.05, 3.63) is 34.6 Å². The minimum absolute atomic E-state index is 0.106. The first kappa shape index (κ1) is 9.42. The molecule has 0 spiro atoms. The maximum atomic E-state index is 13.0. The van der Waals surface area contributed by atoms with Crippen molar-refractivity contribution in [2.24, 2.45) is 0 Å². The lowest BCUT2D eigenvalue weighted by Gasteiger charge is -2.07. The summed E-state index contributed by atoms with van der Waals surface area (Å²) in [6.45, 7) is -1.02. The molecule has 0 aromatic heterocycles. The van der Waals surface area contributed by atoms with Gasteiger partial charge in [0.2, 0.25) is 0 Å². The first-order valence-corrected chi connectivity index (χ1v) is 3.72. The smallest absolute Gasteiger partial charge is 0.147 e. The van der Waals surface area contributed by atoms with Gasteiger partial charge >= 0.3 is 0 Å². The van der Waals surface area contributed by atoms with Crippen LogP contribution in [0.15, 0.2) is 18.2 Å². The number of hydrogen-bond donors (Lipinski definition) is 1. The van der Waals surface area contributed by atoms with E-state index in [9.17, 15) is 8.78 Å². The van der Waals surface area contributed by atoms with E-state index in [1.165, 1.54) is 18.2 Å². The van der Waals surface area contributed by atoms with E-state index in [0.29, 0.717) is 0 Å². The molecule has 12 heavy (non-hydrogen) atoms. The van der Waals surface area contributed by atoms with Gasteiger partial charge < -0.3 is 5.11 Å². The molecule has 0 aliphatic heterocycles. The van der Waals surface area contributed by atoms with Crippen LogP contribution >= 0.6 is 11.6 Å². The third kappa shape index (κ3) is 1.73. The van der Waals surface area contributed by atoms with Gasteiger partial charge in [-0.2, -0.15) is 0 Å². The van der Waals surface area contributed by atoms with Crippen molar-refractivity contribution in [1.82, 2.24) is 0 Å². The number of aliphatic hydroxyl groups is 1. The highest BCUT2D eigenvalue weighted by Crippen LogP contribution is 2.23. The van der Waals surface area contributed by atoms with E-state index in [4.69, 9.17) is 16.7 Å². The summed E-state index contributed by atoms with van der Waals surface area (Å²) in [4.78, 5) is 0. The summed E-state index contributed by atoms with van der Waals surface area (Å²) >= 11 is 5.41. The van der Waals surface area contributed by atoms with Crippen LogP contribution < -0.4 is 0 Å². The molecule has 0 saturated heterocycles. The number of hydrogen-bond acceptors (Lipinski definition) is 1. The van der Waals surface area contributed by atoms with E-state index in [1.807, 2.05) is 0 Å². The number of benzene rings is 1. The van der Waals surface area contributed by atoms with Crippen molar-refractivity contribution >= 4 is 11.6 Å². The predicted molar refractivity (Wildman–Crippen MR) is 42.3 cm³/mol. The summed E-state index contributed by atoms with van der Waals surface area (Å²) in [6, 6.07) is 4.09. The molecule has 4 heteroatoms. The van der Waals surface area contributed by atoms with Gasteiger partial charge in [-0.25, -0.2) is 8.78 Å². The Morgan fingerprint density at radius 1 is 1.50 bits per heavy atom. The Morgan fingerprint density at radius 3 is 2.75 bits per heavy atom. The lowest BCUT2D eigenvalue weighted by molar-refractivity contribution is 0.138. The average molecular weight is 193 g/mol. The highest BCUT2D eigenvalue weighted by molar-refractivity contribution is 6.30. The van der Waals surface area contributed by atoms with Gasteiger partial charge in [0.25, 0.3) is 0 Å². The fourth-order valence-corrected chi connectivity index (χ4v) is 1.04. The molecule has 0 heterocycles. The zero-order valence-electron chi connectivity index (χ0n) is 6.10. The third-order valence-electron chi connectivity index (χ3n) is 1.49. The van der Waals surface area contributed by atoms with E-state index >= 15 is 0 Å². The van der Waals surface area contributed by atoms with Crippen LogP contribution in [-0.4, -0.2) is 11.8 Å². The zero-order valence-corrected chi connectivity index (χ0v) is 6.85. The molecular formula is C8H7ClF2O. The van der Waals surface area contributed by atoms with E-state index in [0.717, 1.165) is 0 Å². The number of alkyl halides is 1. The first-order chi connectivity index (χ1) is 5.66. The summed E-state index contributed by atoms with van der Waals surface area (Å²) < 4.78 is 24.9. The molecule has 0 fully saturated rings. The molecule has 1 aromatic carbocycles. The quantitative estimate of drug-likeness (QED) is 0.763. The molecule has 0 radical (unpaired) electrons. The van der Waals surface area contributed by atoms with Gasteiger partial charge in [-0.1, -0.05) is 23.7 Å². The van der Waals surface area contributed by atoms with Gasteiger partial charge in [0, 0.05) is 5.56 Å². The standard InChI is InChI=1S/C8H7ClF2O/c9-6-3-1-2-5(8(6)11)7(12)4-10/h1-3,7,12H,4H2. The number of aliphatic hydroxyl groups excluding tert-OH is 1. The second-order valence-electron chi connectivity index (χ2n) is 2.31. The molecule has 0 saturated carbocycles. The molecule has 1 nitrogen and oxygen atoms in total. The molecular weight excluding hydrogens is 186 g/mol. The van der Waals surface area contributed by atoms with Crippen molar-refractivity contribution < 1.29 is 13.9 Å². The average Bonchev–Trinajstić information content (AvgIpc) is 2.08. The molecule has 1 N–H and O–H groups in total. The fraction of sp³-hybridized carbons (Fsp3) is 0.250. The van der Waals surface area contributed by atoms with Crippen LogP contribution in [0, 0.1) is 5.82 Å². The van der Waals surface area contributed by atoms with Crippen LogP contribution in [0.3, 0.4) is 0 Å². The second kappa shape index (κ2) is 3.83. The minimum Gasteiger partial charge on any atom is -0.386 e. The Hall–Kier alpha value is -0.670. The van der Waals surface area contributed by atoms with Crippen molar-refractivity contribution in [2.45, 2.75) is 6.10 Å². The summed E-state index contributed by atoms with van der Waals surface area (Å²) in [5, 5.41) is 8.85. The summed E-state index contributed by atoms with van der Waals surface area (Å²) in [5.41, 5.74) is -0.106. The molecule has 1 unspecified atom stereocenters. The topological polar surface area (TPSA) is 20.2 Å². The van der Waals surface area contributed by atoms with Gasteiger partial charge in [-0.15, -0.1) is 0 Å². The van der Waals surface area contributed by atoms with Crippen molar-refractivity contribution in [3.63, 3.8) is 0 Å². The molecule has 0 bridgehead atoms. The maximum absolute atomic E-state index is 13.0. The van der Waals surface area contributed by atoms with Crippen LogP contribution in [0.2, 0.25) is 5.02 Å². The van der Waals surface area contributed by atoms with E-state index in [1.54, 1.807) is 0 Å². The van der Waals surface area contributed by atoms with Crippen LogP contribution in [0.1, 0.15) is 11.7 Å². The third-order valence-corrected chi connectivity index (χ3v) is 1.78. The lowest BCUT2D eigenvalue weighted by Crippen LogP contribution is -2.02. The van der Waals surface area contributed by atoms with Crippen LogP contribution in [0.4, 0.5) is 8.78 Å². The molecule has 1 rings (SSSR count). The molecule has 66 valence electrons. The summed E-state index contributed by atoms with van der Waals surface area (Å²) in [7, 11) is 0. The minimum atomic E-state index is -1.43. The van der Waals surface area contributed by atoms with Gasteiger partial charge in [0.05, 0.1) is 5.02 Å². The van der Waals surface area contributed by atoms with Gasteiger partial charge in [-0.05, 0) is 6.07 Å². The zero-order chi connectivity index (χ0) is 9.14. The molecule has 0 aliphatic carbocycles. The van der Waals surface area contributed by atoms with Gasteiger partial charge in [-0.3, -0.25) is 0 Å². The van der Waals surface area contributed by atoms with E-state index in [2.05, 4.69) is 0 Å². The van der Waals surface area contributed by atoms with Gasteiger partial charge in [0.1, 0.15) is 18.6 Å². The predicted octanol–water partition coefficient (Wildman–Crippen LogP) is 2.48. The number of halogens is 3. The van der Waals surface area contributed by atoms with Crippen molar-refractivity contribution in [1.29, 1.82) is 0 Å². The maximum Gasteiger partial charge on any atom is 0.147 e. The van der Waals surface area contributed by atoms with Crippen LogP contribution in [0.25, 0.3) is 0 Å². The SMILES string of the molecule is OC(CF)c1cccc(Cl)c1F. The highest BCUT2D eigenvalue weighted by Gasteiger charge is 2.13. The van der Waals surface area contributed by atoms with Crippen molar-refractivity contribution in [3.8, 4) is 0 Å². The Balaban J connectivity index is 3.07. The number of rotatable bonds is 2.